The van der Waals surface area contributed by atoms with Gasteiger partial charge in [0.2, 0.25) is 0 Å². The van der Waals surface area contributed by atoms with Crippen LogP contribution in [0.5, 0.6) is 0 Å². The van der Waals surface area contributed by atoms with Crippen LogP contribution in [0.3, 0.4) is 0 Å². The quantitative estimate of drug-likeness (QED) is 0.677. The molecule has 1 aromatic rings. The predicted molar refractivity (Wildman–Crippen MR) is 65.6 cm³/mol. The fourth-order valence-electron chi connectivity index (χ4n) is 2.80. The van der Waals surface area contributed by atoms with E-state index in [-0.39, 0.29) is 0 Å². The van der Waals surface area contributed by atoms with Crippen molar-refractivity contribution in [3.63, 3.8) is 0 Å². The van der Waals surface area contributed by atoms with Gasteiger partial charge in [-0.15, -0.1) is 0 Å². The molecule has 0 amide bonds. The Hall–Kier alpha value is -0.780. The lowest BCUT2D eigenvalue weighted by atomic mass is 9.80. The van der Waals surface area contributed by atoms with Crippen molar-refractivity contribution in [1.82, 2.24) is 0 Å². The smallest absolute Gasteiger partial charge is 0.00833 e. The minimum absolute atomic E-state index is 0.845. The van der Waals surface area contributed by atoms with Crippen LogP contribution < -0.4 is 0 Å². The molecule has 0 nitrogen and oxygen atoms in total. The number of hydrogen-bond acceptors (Lipinski definition) is 0. The summed E-state index contributed by atoms with van der Waals surface area (Å²) >= 11 is 0. The van der Waals surface area contributed by atoms with Crippen molar-refractivity contribution in [2.75, 3.05) is 0 Å². The van der Waals surface area contributed by atoms with Gasteiger partial charge in [-0.3, -0.25) is 0 Å². The van der Waals surface area contributed by atoms with E-state index in [9.17, 15) is 0 Å². The summed E-state index contributed by atoms with van der Waals surface area (Å²) in [6.07, 6.45) is 5.42. The van der Waals surface area contributed by atoms with Crippen molar-refractivity contribution in [2.45, 2.75) is 39.5 Å². The molecule has 0 bridgehead atoms. The Morgan fingerprint density at radius 2 is 2.00 bits per heavy atom. The maximum absolute atomic E-state index is 2.40. The second kappa shape index (κ2) is 4.83. The summed E-state index contributed by atoms with van der Waals surface area (Å²) in [5.41, 5.74) is 1.49. The minimum Gasteiger partial charge on any atom is -0.0651 e. The lowest BCUT2D eigenvalue weighted by Gasteiger charge is -2.24. The van der Waals surface area contributed by atoms with E-state index in [1.54, 1.807) is 5.92 Å². The monoisotopic (exact) mass is 201 g/mol. The van der Waals surface area contributed by atoms with Gasteiger partial charge >= 0.3 is 0 Å². The van der Waals surface area contributed by atoms with Gasteiger partial charge in [0.25, 0.3) is 0 Å². The molecular formula is C15H21. The molecule has 1 radical (unpaired) electrons. The fraction of sp³-hybridized carbons (Fsp3) is 0.533. The van der Waals surface area contributed by atoms with Gasteiger partial charge in [-0.2, -0.15) is 0 Å². The van der Waals surface area contributed by atoms with Crippen LogP contribution in [0, 0.1) is 17.8 Å². The van der Waals surface area contributed by atoms with E-state index in [1.807, 2.05) is 0 Å². The highest BCUT2D eigenvalue weighted by atomic mass is 14.4. The van der Waals surface area contributed by atoms with E-state index in [0.717, 1.165) is 11.8 Å². The Kier molecular flexibility index (Phi) is 3.45. The van der Waals surface area contributed by atoms with Crippen LogP contribution in [0.2, 0.25) is 0 Å². The van der Waals surface area contributed by atoms with Gasteiger partial charge in [0.15, 0.2) is 0 Å². The first-order valence-corrected chi connectivity index (χ1v) is 6.24. The average Bonchev–Trinajstić information content (AvgIpc) is 2.78. The molecule has 0 spiro atoms. The van der Waals surface area contributed by atoms with Crippen molar-refractivity contribution >= 4 is 0 Å². The Morgan fingerprint density at radius 1 is 1.27 bits per heavy atom. The summed E-state index contributed by atoms with van der Waals surface area (Å²) in [7, 11) is 0. The van der Waals surface area contributed by atoms with Crippen molar-refractivity contribution in [1.29, 1.82) is 0 Å². The van der Waals surface area contributed by atoms with Crippen molar-refractivity contribution in [3.05, 3.63) is 41.8 Å². The summed E-state index contributed by atoms with van der Waals surface area (Å²) in [5, 5.41) is 0. The van der Waals surface area contributed by atoms with Gasteiger partial charge in [-0.1, -0.05) is 57.0 Å². The topological polar surface area (TPSA) is 0 Å². The molecule has 0 heterocycles. The molecule has 1 aromatic carbocycles. The highest BCUT2D eigenvalue weighted by molar-refractivity contribution is 5.33. The fourth-order valence-corrected chi connectivity index (χ4v) is 2.80. The Balaban J connectivity index is 2.15. The molecule has 1 aliphatic rings. The van der Waals surface area contributed by atoms with Crippen molar-refractivity contribution in [3.8, 4) is 0 Å². The summed E-state index contributed by atoms with van der Waals surface area (Å²) in [6, 6.07) is 11.0. The zero-order chi connectivity index (χ0) is 10.7. The van der Waals surface area contributed by atoms with E-state index in [1.165, 1.54) is 31.2 Å². The third kappa shape index (κ3) is 2.25. The third-order valence-corrected chi connectivity index (χ3v) is 3.88. The lowest BCUT2D eigenvalue weighted by molar-refractivity contribution is 0.384. The number of benzene rings is 1. The highest BCUT2D eigenvalue weighted by Gasteiger charge is 2.31. The van der Waals surface area contributed by atoms with Crippen LogP contribution in [0.4, 0.5) is 0 Å². The van der Waals surface area contributed by atoms with Crippen LogP contribution >= 0.6 is 0 Å². The van der Waals surface area contributed by atoms with Crippen LogP contribution in [0.25, 0.3) is 0 Å². The van der Waals surface area contributed by atoms with E-state index in [0.29, 0.717) is 0 Å². The molecule has 81 valence electrons. The normalized spacial score (nSPS) is 24.3. The number of hydrogen-bond donors (Lipinski definition) is 0. The average molecular weight is 201 g/mol. The molecule has 0 heteroatoms. The second-order valence-corrected chi connectivity index (χ2v) is 4.78. The van der Waals surface area contributed by atoms with Gasteiger partial charge < -0.3 is 0 Å². The van der Waals surface area contributed by atoms with Crippen LogP contribution in [0.1, 0.15) is 45.1 Å². The van der Waals surface area contributed by atoms with E-state index < -0.39 is 0 Å². The van der Waals surface area contributed by atoms with Crippen LogP contribution in [-0.2, 0) is 0 Å². The standard InChI is InChI=1S/C15H21/c1-3-12(2)14-10-7-11-15(14)13-8-5-4-6-9-13/h4-6,8-9,12,14H,3,7,10-11H2,1-2H3. The summed E-state index contributed by atoms with van der Waals surface area (Å²) in [5.74, 6) is 3.41. The molecule has 0 saturated heterocycles. The first-order chi connectivity index (χ1) is 7.33. The van der Waals surface area contributed by atoms with Gasteiger partial charge in [0, 0.05) is 5.92 Å². The van der Waals surface area contributed by atoms with Crippen molar-refractivity contribution in [2.24, 2.45) is 11.8 Å². The zero-order valence-electron chi connectivity index (χ0n) is 9.87. The minimum atomic E-state index is 0.845. The predicted octanol–water partition coefficient (Wildman–Crippen LogP) is 4.46. The first-order valence-electron chi connectivity index (χ1n) is 6.24. The maximum Gasteiger partial charge on any atom is 0.00833 e. The molecule has 1 aliphatic carbocycles. The lowest BCUT2D eigenvalue weighted by Crippen LogP contribution is -2.15. The van der Waals surface area contributed by atoms with E-state index in [2.05, 4.69) is 44.2 Å². The largest absolute Gasteiger partial charge is 0.0651 e. The van der Waals surface area contributed by atoms with E-state index >= 15 is 0 Å². The molecule has 15 heavy (non-hydrogen) atoms. The van der Waals surface area contributed by atoms with Gasteiger partial charge in [0.1, 0.15) is 0 Å². The molecule has 2 unspecified atom stereocenters. The van der Waals surface area contributed by atoms with Crippen molar-refractivity contribution < 1.29 is 0 Å². The van der Waals surface area contributed by atoms with Gasteiger partial charge in [-0.05, 0) is 30.2 Å². The van der Waals surface area contributed by atoms with Gasteiger partial charge in [-0.25, -0.2) is 0 Å². The molecule has 2 rings (SSSR count). The first kappa shape index (κ1) is 10.7. The SMILES string of the molecule is CCC(C)C1CCC[C]1c1ccccc1. The Labute approximate surface area is 93.7 Å². The zero-order valence-corrected chi connectivity index (χ0v) is 9.87. The second-order valence-electron chi connectivity index (χ2n) is 4.78. The number of rotatable bonds is 3. The molecule has 0 aliphatic heterocycles. The Bertz CT molecular complexity index is 288. The van der Waals surface area contributed by atoms with Crippen LogP contribution in [-0.4, -0.2) is 0 Å². The third-order valence-electron chi connectivity index (χ3n) is 3.88. The Morgan fingerprint density at radius 3 is 2.67 bits per heavy atom. The van der Waals surface area contributed by atoms with Gasteiger partial charge in [0.05, 0.1) is 0 Å². The van der Waals surface area contributed by atoms with E-state index in [4.69, 9.17) is 0 Å². The summed E-state index contributed by atoms with van der Waals surface area (Å²) in [4.78, 5) is 0. The molecule has 1 saturated carbocycles. The highest BCUT2D eigenvalue weighted by Crippen LogP contribution is 2.43. The summed E-state index contributed by atoms with van der Waals surface area (Å²) in [6.45, 7) is 4.71. The summed E-state index contributed by atoms with van der Waals surface area (Å²) < 4.78 is 0. The molecule has 1 fully saturated rings. The maximum atomic E-state index is 2.40. The van der Waals surface area contributed by atoms with Crippen LogP contribution in [0.15, 0.2) is 30.3 Å². The molecule has 0 aromatic heterocycles. The molecular weight excluding hydrogens is 180 g/mol. The molecule has 0 N–H and O–H groups in total. The molecule has 2 atom stereocenters.